The lowest BCUT2D eigenvalue weighted by atomic mass is 9.79. The van der Waals surface area contributed by atoms with Gasteiger partial charge >= 0.3 is 13.1 Å². The van der Waals surface area contributed by atoms with Gasteiger partial charge in [-0.1, -0.05) is 6.08 Å². The van der Waals surface area contributed by atoms with E-state index in [4.69, 9.17) is 10.0 Å². The highest BCUT2D eigenvalue weighted by Crippen LogP contribution is 1.98. The summed E-state index contributed by atoms with van der Waals surface area (Å²) in [5.74, 6) is -0.690. The number of ether oxygens (including phenoxy) is 1. The van der Waals surface area contributed by atoms with Gasteiger partial charge in [0, 0.05) is 0 Å². The quantitative estimate of drug-likeness (QED) is 0.330. The minimum absolute atomic E-state index is 0.133. The monoisotopic (exact) mass is 158 g/mol. The Morgan fingerprint density at radius 2 is 2.18 bits per heavy atom. The van der Waals surface area contributed by atoms with Gasteiger partial charge < -0.3 is 14.8 Å². The number of hydrogen-bond donors (Lipinski definition) is 2. The van der Waals surface area contributed by atoms with Gasteiger partial charge in [-0.15, -0.1) is 0 Å². The number of carbonyl (C=O) groups excluding carboxylic acids is 1. The molecule has 0 saturated heterocycles. The van der Waals surface area contributed by atoms with Gasteiger partial charge in [0.2, 0.25) is 0 Å². The molecule has 0 fully saturated rings. The lowest BCUT2D eigenvalue weighted by Crippen LogP contribution is -2.24. The molecule has 0 heterocycles. The second kappa shape index (κ2) is 4.93. The van der Waals surface area contributed by atoms with Crippen molar-refractivity contribution in [3.8, 4) is 0 Å². The summed E-state index contributed by atoms with van der Waals surface area (Å²) in [6, 6.07) is 0. The highest BCUT2D eigenvalue weighted by Gasteiger charge is 2.22. The van der Waals surface area contributed by atoms with Gasteiger partial charge in [-0.2, -0.15) is 0 Å². The largest absolute Gasteiger partial charge is 0.495 e. The van der Waals surface area contributed by atoms with E-state index in [9.17, 15) is 4.79 Å². The zero-order valence-electron chi connectivity index (χ0n) is 6.57. The Morgan fingerprint density at radius 1 is 1.64 bits per heavy atom. The molecule has 0 amide bonds. The molecule has 0 saturated carbocycles. The summed E-state index contributed by atoms with van der Waals surface area (Å²) in [5, 5.41) is 17.2. The van der Waals surface area contributed by atoms with Crippen molar-refractivity contribution in [3.63, 3.8) is 0 Å². The van der Waals surface area contributed by atoms with E-state index in [-0.39, 0.29) is 12.1 Å². The van der Waals surface area contributed by atoms with Crippen LogP contribution in [0, 0.1) is 0 Å². The molecule has 0 unspecified atom stereocenters. The maximum atomic E-state index is 10.8. The number of carbonyl (C=O) groups is 1. The Labute approximate surface area is 65.6 Å². The second-order valence-electron chi connectivity index (χ2n) is 1.84. The lowest BCUT2D eigenvalue weighted by Gasteiger charge is -2.03. The minimum Gasteiger partial charge on any atom is -0.463 e. The van der Waals surface area contributed by atoms with Crippen LogP contribution in [-0.2, 0) is 9.53 Å². The SMILES string of the molecule is C/C=C(/B(O)O)C(=O)OCC. The van der Waals surface area contributed by atoms with Crippen molar-refractivity contribution in [1.29, 1.82) is 0 Å². The average Bonchev–Trinajstić information content (AvgIpc) is 1.88. The zero-order valence-corrected chi connectivity index (χ0v) is 6.57. The predicted octanol–water partition coefficient (Wildman–Crippen LogP) is -0.492. The summed E-state index contributed by atoms with van der Waals surface area (Å²) >= 11 is 0. The van der Waals surface area contributed by atoms with Crippen LogP contribution in [0.1, 0.15) is 13.8 Å². The van der Waals surface area contributed by atoms with E-state index in [0.717, 1.165) is 0 Å². The second-order valence-corrected chi connectivity index (χ2v) is 1.84. The third-order valence-electron chi connectivity index (χ3n) is 1.10. The van der Waals surface area contributed by atoms with Gasteiger partial charge in [0.1, 0.15) is 0 Å². The van der Waals surface area contributed by atoms with E-state index < -0.39 is 13.1 Å². The van der Waals surface area contributed by atoms with Crippen molar-refractivity contribution < 1.29 is 19.6 Å². The first-order chi connectivity index (χ1) is 5.13. The molecule has 0 atom stereocenters. The molecule has 0 aliphatic heterocycles. The van der Waals surface area contributed by atoms with E-state index in [1.54, 1.807) is 6.92 Å². The number of rotatable bonds is 3. The molecule has 0 aliphatic rings. The van der Waals surface area contributed by atoms with E-state index >= 15 is 0 Å². The fourth-order valence-electron chi connectivity index (χ4n) is 0.587. The van der Waals surface area contributed by atoms with Gasteiger partial charge in [0.05, 0.1) is 12.1 Å². The van der Waals surface area contributed by atoms with Gasteiger partial charge in [-0.05, 0) is 13.8 Å². The van der Waals surface area contributed by atoms with E-state index in [1.807, 2.05) is 0 Å². The van der Waals surface area contributed by atoms with Crippen LogP contribution in [0.2, 0.25) is 0 Å². The Bertz CT molecular complexity index is 164. The molecule has 0 aliphatic carbocycles. The third kappa shape index (κ3) is 3.20. The van der Waals surface area contributed by atoms with E-state index in [2.05, 4.69) is 4.74 Å². The molecule has 0 spiro atoms. The van der Waals surface area contributed by atoms with Crippen LogP contribution >= 0.6 is 0 Å². The third-order valence-corrected chi connectivity index (χ3v) is 1.10. The summed E-state index contributed by atoms with van der Waals surface area (Å²) in [6.07, 6.45) is 1.31. The van der Waals surface area contributed by atoms with Gasteiger partial charge in [0.15, 0.2) is 0 Å². The fraction of sp³-hybridized carbons (Fsp3) is 0.500. The standard InChI is InChI=1S/C6H11BO4/c1-3-5(7(9)10)6(8)11-4-2/h3,9-10H,4H2,1-2H3/b5-3+. The first-order valence-electron chi connectivity index (χ1n) is 3.33. The van der Waals surface area contributed by atoms with Crippen LogP contribution in [0.4, 0.5) is 0 Å². The summed E-state index contributed by atoms with van der Waals surface area (Å²) in [4.78, 5) is 10.8. The molecular weight excluding hydrogens is 147 g/mol. The van der Waals surface area contributed by atoms with Crippen LogP contribution in [0.5, 0.6) is 0 Å². The van der Waals surface area contributed by atoms with Crippen molar-refractivity contribution in [2.75, 3.05) is 6.61 Å². The summed E-state index contributed by atoms with van der Waals surface area (Å²) < 4.78 is 4.53. The van der Waals surface area contributed by atoms with E-state index in [0.29, 0.717) is 0 Å². The molecule has 0 aromatic heterocycles. The number of hydrogen-bond acceptors (Lipinski definition) is 4. The molecule has 2 N–H and O–H groups in total. The van der Waals surface area contributed by atoms with Crippen LogP contribution in [-0.4, -0.2) is 29.7 Å². The average molecular weight is 158 g/mol. The molecule has 62 valence electrons. The van der Waals surface area contributed by atoms with Gasteiger partial charge in [0.25, 0.3) is 0 Å². The topological polar surface area (TPSA) is 66.8 Å². The highest BCUT2D eigenvalue weighted by atomic mass is 16.5. The van der Waals surface area contributed by atoms with Crippen LogP contribution < -0.4 is 0 Å². The summed E-state index contributed by atoms with van der Waals surface area (Å²) in [6.45, 7) is 3.41. The molecule has 0 aromatic carbocycles. The maximum Gasteiger partial charge on any atom is 0.495 e. The van der Waals surface area contributed by atoms with Crippen LogP contribution in [0.15, 0.2) is 11.5 Å². The maximum absolute atomic E-state index is 10.8. The summed E-state index contributed by atoms with van der Waals surface area (Å²) in [7, 11) is -1.75. The van der Waals surface area contributed by atoms with Gasteiger partial charge in [-0.25, -0.2) is 4.79 Å². The number of allylic oxidation sites excluding steroid dienone is 1. The predicted molar refractivity (Wildman–Crippen MR) is 40.6 cm³/mol. The van der Waals surface area contributed by atoms with Crippen molar-refractivity contribution in [3.05, 3.63) is 11.5 Å². The molecule has 0 rings (SSSR count). The Hall–Kier alpha value is -0.805. The van der Waals surface area contributed by atoms with Gasteiger partial charge in [-0.3, -0.25) is 0 Å². The molecule has 0 bridgehead atoms. The van der Waals surface area contributed by atoms with Crippen molar-refractivity contribution in [2.24, 2.45) is 0 Å². The molecule has 5 heteroatoms. The Morgan fingerprint density at radius 3 is 2.45 bits per heavy atom. The lowest BCUT2D eigenvalue weighted by molar-refractivity contribution is -0.137. The van der Waals surface area contributed by atoms with Crippen molar-refractivity contribution in [1.82, 2.24) is 0 Å². The molecule has 4 nitrogen and oxygen atoms in total. The van der Waals surface area contributed by atoms with Crippen molar-refractivity contribution in [2.45, 2.75) is 13.8 Å². The zero-order chi connectivity index (χ0) is 8.85. The number of esters is 1. The normalized spacial score (nSPS) is 11.1. The van der Waals surface area contributed by atoms with Crippen molar-refractivity contribution >= 4 is 13.1 Å². The fourth-order valence-corrected chi connectivity index (χ4v) is 0.587. The smallest absolute Gasteiger partial charge is 0.463 e. The first kappa shape index (κ1) is 10.2. The van der Waals surface area contributed by atoms with Crippen LogP contribution in [0.25, 0.3) is 0 Å². The van der Waals surface area contributed by atoms with E-state index in [1.165, 1.54) is 13.0 Å². The molecule has 0 radical (unpaired) electrons. The first-order valence-corrected chi connectivity index (χ1v) is 3.33. The Balaban J connectivity index is 4.17. The van der Waals surface area contributed by atoms with Crippen LogP contribution in [0.3, 0.4) is 0 Å². The molecular formula is C6H11BO4. The Kier molecular flexibility index (Phi) is 4.57. The summed E-state index contributed by atoms with van der Waals surface area (Å²) in [5.41, 5.74) is -0.133. The highest BCUT2D eigenvalue weighted by molar-refractivity contribution is 6.58. The molecule has 11 heavy (non-hydrogen) atoms. The minimum atomic E-state index is -1.75. The molecule has 0 aromatic rings.